The number of nitrogens with zero attached hydrogens (tertiary/aromatic N) is 1. The highest BCUT2D eigenvalue weighted by Crippen LogP contribution is 2.29. The average molecular weight is 410 g/mol. The molecule has 2 aromatic heterocycles. The minimum atomic E-state index is -0.423. The smallest absolute Gasteiger partial charge is 0.336 e. The molecular weight excluding hydrogens is 392 g/mol. The molecule has 0 aliphatic heterocycles. The molecule has 0 saturated heterocycles. The molecule has 0 bridgehead atoms. The molecule has 0 aliphatic carbocycles. The number of nitrogens with one attached hydrogen (secondary N) is 1. The standard InChI is InChI=1S/C21H18N2O5S/c1-3-26-14-5-7-16-18(10-14)29-21(22-16)23-19(24)11-27-13-4-6-15-12(2)8-20(25)28-17(15)9-13/h4-10H,3,11H2,1-2H3,(H,22,23,24). The number of thiazole rings is 1. The molecule has 0 saturated carbocycles. The van der Waals surface area contributed by atoms with Gasteiger partial charge in [-0.05, 0) is 49.7 Å². The number of fused-ring (bicyclic) bond motifs is 2. The zero-order chi connectivity index (χ0) is 20.4. The van der Waals surface area contributed by atoms with Gasteiger partial charge in [-0.3, -0.25) is 10.1 Å². The molecule has 0 unspecified atom stereocenters. The highest BCUT2D eigenvalue weighted by Gasteiger charge is 2.10. The summed E-state index contributed by atoms with van der Waals surface area (Å²) >= 11 is 1.36. The summed E-state index contributed by atoms with van der Waals surface area (Å²) in [6.07, 6.45) is 0. The summed E-state index contributed by atoms with van der Waals surface area (Å²) in [5.41, 5.74) is 1.61. The van der Waals surface area contributed by atoms with Crippen LogP contribution in [0.5, 0.6) is 11.5 Å². The van der Waals surface area contributed by atoms with Crippen molar-refractivity contribution in [2.24, 2.45) is 0 Å². The van der Waals surface area contributed by atoms with Crippen molar-refractivity contribution in [3.63, 3.8) is 0 Å². The molecule has 8 heteroatoms. The second-order valence-corrected chi connectivity index (χ2v) is 7.36. The molecule has 2 aromatic carbocycles. The maximum absolute atomic E-state index is 12.2. The van der Waals surface area contributed by atoms with Crippen LogP contribution in [0.1, 0.15) is 12.5 Å². The molecule has 0 aliphatic rings. The van der Waals surface area contributed by atoms with Gasteiger partial charge in [0.25, 0.3) is 5.91 Å². The third kappa shape index (κ3) is 4.22. The van der Waals surface area contributed by atoms with Crippen molar-refractivity contribution in [1.29, 1.82) is 0 Å². The topological polar surface area (TPSA) is 90.7 Å². The Morgan fingerprint density at radius 1 is 1.14 bits per heavy atom. The van der Waals surface area contributed by atoms with Crippen molar-refractivity contribution in [3.8, 4) is 11.5 Å². The number of carbonyl (C=O) groups excluding carboxylic acids is 1. The highest BCUT2D eigenvalue weighted by atomic mass is 32.1. The summed E-state index contributed by atoms with van der Waals surface area (Å²) in [6, 6.07) is 12.2. The molecule has 0 radical (unpaired) electrons. The van der Waals surface area contributed by atoms with Crippen molar-refractivity contribution in [2.75, 3.05) is 18.5 Å². The first-order chi connectivity index (χ1) is 14.0. The molecule has 0 spiro atoms. The molecule has 148 valence electrons. The lowest BCUT2D eigenvalue weighted by Crippen LogP contribution is -2.20. The van der Waals surface area contributed by atoms with E-state index < -0.39 is 5.63 Å². The van der Waals surface area contributed by atoms with E-state index in [1.807, 2.05) is 32.0 Å². The zero-order valence-electron chi connectivity index (χ0n) is 15.9. The molecule has 29 heavy (non-hydrogen) atoms. The minimum absolute atomic E-state index is 0.193. The maximum Gasteiger partial charge on any atom is 0.336 e. The summed E-state index contributed by atoms with van der Waals surface area (Å²) in [6.45, 7) is 4.15. The Morgan fingerprint density at radius 3 is 2.76 bits per heavy atom. The van der Waals surface area contributed by atoms with Gasteiger partial charge in [0, 0.05) is 17.5 Å². The van der Waals surface area contributed by atoms with Gasteiger partial charge in [-0.1, -0.05) is 11.3 Å². The van der Waals surface area contributed by atoms with Gasteiger partial charge in [-0.25, -0.2) is 9.78 Å². The third-order valence-corrected chi connectivity index (χ3v) is 5.14. The predicted octanol–water partition coefficient (Wildman–Crippen LogP) is 4.13. The van der Waals surface area contributed by atoms with Crippen LogP contribution in [0.15, 0.2) is 51.7 Å². The van der Waals surface area contributed by atoms with E-state index in [0.717, 1.165) is 26.9 Å². The normalized spacial score (nSPS) is 11.0. The van der Waals surface area contributed by atoms with E-state index in [2.05, 4.69) is 10.3 Å². The van der Waals surface area contributed by atoms with E-state index in [9.17, 15) is 9.59 Å². The summed E-state index contributed by atoms with van der Waals surface area (Å²) in [7, 11) is 0. The summed E-state index contributed by atoms with van der Waals surface area (Å²) in [5.74, 6) is 0.870. The monoisotopic (exact) mass is 410 g/mol. The summed E-state index contributed by atoms with van der Waals surface area (Å²) in [5, 5.41) is 4.05. The predicted molar refractivity (Wildman–Crippen MR) is 112 cm³/mol. The Hall–Kier alpha value is -3.39. The second-order valence-electron chi connectivity index (χ2n) is 6.32. The fourth-order valence-electron chi connectivity index (χ4n) is 2.91. The van der Waals surface area contributed by atoms with Crippen LogP contribution < -0.4 is 20.4 Å². The number of aryl methyl sites for hydroxylation is 1. The Labute approximate surface area is 169 Å². The van der Waals surface area contributed by atoms with Crippen molar-refractivity contribution < 1.29 is 18.7 Å². The highest BCUT2D eigenvalue weighted by molar-refractivity contribution is 7.22. The molecular formula is C21H18N2O5S. The van der Waals surface area contributed by atoms with Crippen LogP contribution >= 0.6 is 11.3 Å². The van der Waals surface area contributed by atoms with E-state index in [0.29, 0.717) is 23.1 Å². The Kier molecular flexibility index (Phi) is 5.18. The van der Waals surface area contributed by atoms with Crippen LogP contribution in [0.25, 0.3) is 21.2 Å². The van der Waals surface area contributed by atoms with Crippen LogP contribution in [0, 0.1) is 6.92 Å². The van der Waals surface area contributed by atoms with Gasteiger partial charge >= 0.3 is 5.63 Å². The van der Waals surface area contributed by atoms with Crippen molar-refractivity contribution in [1.82, 2.24) is 4.98 Å². The largest absolute Gasteiger partial charge is 0.494 e. The zero-order valence-corrected chi connectivity index (χ0v) is 16.7. The lowest BCUT2D eigenvalue weighted by atomic mass is 10.1. The number of hydrogen-bond donors (Lipinski definition) is 1. The third-order valence-electron chi connectivity index (χ3n) is 4.21. The van der Waals surface area contributed by atoms with Gasteiger partial charge in [-0.15, -0.1) is 0 Å². The van der Waals surface area contributed by atoms with Gasteiger partial charge < -0.3 is 13.9 Å². The number of rotatable bonds is 6. The number of ether oxygens (including phenoxy) is 2. The van der Waals surface area contributed by atoms with Gasteiger partial charge in [0.2, 0.25) is 0 Å². The van der Waals surface area contributed by atoms with Gasteiger partial charge in [0.15, 0.2) is 11.7 Å². The summed E-state index contributed by atoms with van der Waals surface area (Å²) < 4.78 is 17.1. The van der Waals surface area contributed by atoms with Crippen molar-refractivity contribution in [3.05, 3.63) is 58.4 Å². The molecule has 1 amide bonds. The van der Waals surface area contributed by atoms with Crippen LogP contribution in [-0.2, 0) is 4.79 Å². The first kappa shape index (κ1) is 18.9. The van der Waals surface area contributed by atoms with E-state index >= 15 is 0 Å². The Bertz CT molecular complexity index is 1260. The lowest BCUT2D eigenvalue weighted by Gasteiger charge is -2.07. The second kappa shape index (κ2) is 7.92. The molecule has 1 N–H and O–H groups in total. The molecule has 0 atom stereocenters. The fourth-order valence-corrected chi connectivity index (χ4v) is 3.82. The van der Waals surface area contributed by atoms with Gasteiger partial charge in [0.1, 0.15) is 17.1 Å². The van der Waals surface area contributed by atoms with E-state index in [1.165, 1.54) is 17.4 Å². The van der Waals surface area contributed by atoms with Crippen molar-refractivity contribution in [2.45, 2.75) is 13.8 Å². The van der Waals surface area contributed by atoms with Crippen LogP contribution in [-0.4, -0.2) is 24.1 Å². The number of amides is 1. The Balaban J connectivity index is 1.43. The molecule has 0 fully saturated rings. The minimum Gasteiger partial charge on any atom is -0.494 e. The van der Waals surface area contributed by atoms with Crippen molar-refractivity contribution >= 4 is 43.6 Å². The van der Waals surface area contributed by atoms with E-state index in [1.54, 1.807) is 18.2 Å². The fraction of sp³-hybridized carbons (Fsp3) is 0.190. The molecule has 4 rings (SSSR count). The SMILES string of the molecule is CCOc1ccc2nc(NC(=O)COc3ccc4c(C)cc(=O)oc4c3)sc2c1. The Morgan fingerprint density at radius 2 is 1.93 bits per heavy atom. The van der Waals surface area contributed by atoms with E-state index in [4.69, 9.17) is 13.9 Å². The molecule has 7 nitrogen and oxygen atoms in total. The quantitative estimate of drug-likeness (QED) is 0.481. The first-order valence-corrected chi connectivity index (χ1v) is 9.84. The van der Waals surface area contributed by atoms with Crippen LogP contribution in [0.3, 0.4) is 0 Å². The number of carbonyl (C=O) groups is 1. The summed E-state index contributed by atoms with van der Waals surface area (Å²) in [4.78, 5) is 28.2. The number of anilines is 1. The van der Waals surface area contributed by atoms with Gasteiger partial charge in [-0.2, -0.15) is 0 Å². The van der Waals surface area contributed by atoms with Crippen LogP contribution in [0.2, 0.25) is 0 Å². The lowest BCUT2D eigenvalue weighted by molar-refractivity contribution is -0.118. The van der Waals surface area contributed by atoms with Crippen LogP contribution in [0.4, 0.5) is 5.13 Å². The molecule has 2 heterocycles. The number of benzene rings is 2. The average Bonchev–Trinajstić information content (AvgIpc) is 3.07. The molecule has 4 aromatic rings. The first-order valence-electron chi connectivity index (χ1n) is 9.02. The van der Waals surface area contributed by atoms with E-state index in [-0.39, 0.29) is 12.5 Å². The van der Waals surface area contributed by atoms with Gasteiger partial charge in [0.05, 0.1) is 16.8 Å². The maximum atomic E-state index is 12.2. The number of aromatic nitrogens is 1. The number of hydrogen-bond acceptors (Lipinski definition) is 7.